The number of nitro benzene ring substituents is 1. The number of nitrogens with one attached hydrogen (secondary N) is 1. The summed E-state index contributed by atoms with van der Waals surface area (Å²) in [6.45, 7) is 11.1. The SMILES string of the molecule is CCN1CCN(c2ccc(NC(=O)c3ccc([N+](=O)[O-])c(C)c3)cc2C)CC1. The Bertz CT molecular complexity index is 889. The monoisotopic (exact) mass is 382 g/mol. The van der Waals surface area contributed by atoms with Gasteiger partial charge in [-0.05, 0) is 56.3 Å². The summed E-state index contributed by atoms with van der Waals surface area (Å²) in [5, 5.41) is 13.8. The second kappa shape index (κ2) is 8.39. The van der Waals surface area contributed by atoms with Crippen molar-refractivity contribution in [3.63, 3.8) is 0 Å². The van der Waals surface area contributed by atoms with Gasteiger partial charge in [-0.2, -0.15) is 0 Å². The predicted molar refractivity (Wildman–Crippen MR) is 111 cm³/mol. The zero-order valence-corrected chi connectivity index (χ0v) is 16.6. The molecular formula is C21H26N4O3. The van der Waals surface area contributed by atoms with Crippen molar-refractivity contribution >= 4 is 23.0 Å². The van der Waals surface area contributed by atoms with E-state index >= 15 is 0 Å². The number of benzene rings is 2. The first-order valence-electron chi connectivity index (χ1n) is 9.53. The fourth-order valence-corrected chi connectivity index (χ4v) is 3.60. The molecule has 1 saturated heterocycles. The fraction of sp³-hybridized carbons (Fsp3) is 0.381. The molecule has 1 N–H and O–H groups in total. The Morgan fingerprint density at radius 2 is 1.79 bits per heavy atom. The number of amides is 1. The molecule has 148 valence electrons. The summed E-state index contributed by atoms with van der Waals surface area (Å²) in [4.78, 5) is 27.8. The molecule has 0 bridgehead atoms. The Hall–Kier alpha value is -2.93. The van der Waals surface area contributed by atoms with Crippen LogP contribution in [0.3, 0.4) is 0 Å². The van der Waals surface area contributed by atoms with E-state index in [1.807, 2.05) is 25.1 Å². The van der Waals surface area contributed by atoms with Crippen molar-refractivity contribution in [1.82, 2.24) is 4.90 Å². The summed E-state index contributed by atoms with van der Waals surface area (Å²) in [6.07, 6.45) is 0. The van der Waals surface area contributed by atoms with Gasteiger partial charge >= 0.3 is 0 Å². The number of rotatable bonds is 5. The number of carbonyl (C=O) groups is 1. The highest BCUT2D eigenvalue weighted by Gasteiger charge is 2.18. The molecule has 0 spiro atoms. The molecule has 0 aliphatic carbocycles. The summed E-state index contributed by atoms with van der Waals surface area (Å²) in [5.74, 6) is -0.276. The number of nitro groups is 1. The average Bonchev–Trinajstić information content (AvgIpc) is 2.68. The van der Waals surface area contributed by atoms with Gasteiger partial charge in [0.15, 0.2) is 0 Å². The Kier molecular flexibility index (Phi) is 5.94. The zero-order valence-electron chi connectivity index (χ0n) is 16.6. The highest BCUT2D eigenvalue weighted by atomic mass is 16.6. The topological polar surface area (TPSA) is 78.7 Å². The highest BCUT2D eigenvalue weighted by Crippen LogP contribution is 2.25. The Balaban J connectivity index is 1.70. The van der Waals surface area contributed by atoms with Crippen LogP contribution in [-0.2, 0) is 0 Å². The smallest absolute Gasteiger partial charge is 0.272 e. The van der Waals surface area contributed by atoms with Gasteiger partial charge in [0.05, 0.1) is 4.92 Å². The van der Waals surface area contributed by atoms with Gasteiger partial charge in [0, 0.05) is 54.7 Å². The average molecular weight is 382 g/mol. The molecule has 0 radical (unpaired) electrons. The minimum atomic E-state index is -0.445. The van der Waals surface area contributed by atoms with Crippen molar-refractivity contribution in [3.05, 3.63) is 63.2 Å². The minimum Gasteiger partial charge on any atom is -0.369 e. The molecule has 0 saturated carbocycles. The van der Waals surface area contributed by atoms with Crippen LogP contribution in [0.5, 0.6) is 0 Å². The molecule has 0 atom stereocenters. The molecule has 0 unspecified atom stereocenters. The molecule has 1 aliphatic rings. The number of nitrogens with zero attached hydrogens (tertiary/aromatic N) is 3. The maximum absolute atomic E-state index is 12.5. The van der Waals surface area contributed by atoms with E-state index in [-0.39, 0.29) is 11.6 Å². The van der Waals surface area contributed by atoms with E-state index in [1.54, 1.807) is 13.0 Å². The molecular weight excluding hydrogens is 356 g/mol. The Morgan fingerprint density at radius 1 is 1.07 bits per heavy atom. The van der Waals surface area contributed by atoms with E-state index in [0.29, 0.717) is 11.1 Å². The number of hydrogen-bond donors (Lipinski definition) is 1. The largest absolute Gasteiger partial charge is 0.369 e. The van der Waals surface area contributed by atoms with Crippen LogP contribution in [0.15, 0.2) is 36.4 Å². The molecule has 2 aromatic rings. The summed E-state index contributed by atoms with van der Waals surface area (Å²) in [6, 6.07) is 10.3. The maximum Gasteiger partial charge on any atom is 0.272 e. The first-order valence-corrected chi connectivity index (χ1v) is 9.53. The van der Waals surface area contributed by atoms with Crippen LogP contribution in [-0.4, -0.2) is 48.5 Å². The minimum absolute atomic E-state index is 0.0138. The van der Waals surface area contributed by atoms with E-state index in [4.69, 9.17) is 0 Å². The van der Waals surface area contributed by atoms with Gasteiger partial charge in [0.2, 0.25) is 0 Å². The molecule has 1 fully saturated rings. The number of hydrogen-bond acceptors (Lipinski definition) is 5. The van der Waals surface area contributed by atoms with Crippen LogP contribution >= 0.6 is 0 Å². The molecule has 1 amide bonds. The summed E-state index contributed by atoms with van der Waals surface area (Å²) in [5.41, 5.74) is 3.91. The molecule has 7 nitrogen and oxygen atoms in total. The number of aryl methyl sites for hydroxylation is 2. The van der Waals surface area contributed by atoms with Crippen LogP contribution in [0.4, 0.5) is 17.1 Å². The number of piperazine rings is 1. The zero-order chi connectivity index (χ0) is 20.3. The lowest BCUT2D eigenvalue weighted by Gasteiger charge is -2.36. The van der Waals surface area contributed by atoms with Gasteiger partial charge in [-0.25, -0.2) is 0 Å². The molecule has 1 aliphatic heterocycles. The van der Waals surface area contributed by atoms with Crippen LogP contribution in [0.2, 0.25) is 0 Å². The number of anilines is 2. The lowest BCUT2D eigenvalue weighted by Crippen LogP contribution is -2.46. The first-order chi connectivity index (χ1) is 13.4. The van der Waals surface area contributed by atoms with Gasteiger partial charge in [-0.15, -0.1) is 0 Å². The van der Waals surface area contributed by atoms with Crippen LogP contribution < -0.4 is 10.2 Å². The van der Waals surface area contributed by atoms with Crippen molar-refractivity contribution in [1.29, 1.82) is 0 Å². The van der Waals surface area contributed by atoms with Gasteiger partial charge in [-0.1, -0.05) is 6.92 Å². The molecule has 3 rings (SSSR count). The van der Waals surface area contributed by atoms with Crippen molar-refractivity contribution in [2.75, 3.05) is 42.9 Å². The van der Waals surface area contributed by atoms with E-state index in [1.165, 1.54) is 17.8 Å². The first kappa shape index (κ1) is 19.8. The molecule has 1 heterocycles. The van der Waals surface area contributed by atoms with E-state index in [2.05, 4.69) is 22.0 Å². The van der Waals surface area contributed by atoms with Crippen LogP contribution in [0.1, 0.15) is 28.4 Å². The van der Waals surface area contributed by atoms with Gasteiger partial charge in [0.25, 0.3) is 11.6 Å². The normalized spacial score (nSPS) is 14.8. The van der Waals surface area contributed by atoms with E-state index in [9.17, 15) is 14.9 Å². The van der Waals surface area contributed by atoms with Crippen LogP contribution in [0.25, 0.3) is 0 Å². The highest BCUT2D eigenvalue weighted by molar-refractivity contribution is 6.04. The number of likely N-dealkylation sites (N-methyl/N-ethyl adjacent to an activating group) is 1. The molecule has 2 aromatic carbocycles. The summed E-state index contributed by atoms with van der Waals surface area (Å²) >= 11 is 0. The van der Waals surface area contributed by atoms with Crippen molar-refractivity contribution < 1.29 is 9.72 Å². The standard InChI is InChI=1S/C21H26N4O3/c1-4-23-9-11-24(12-10-23)19-8-6-18(14-16(19)3)22-21(26)17-5-7-20(25(27)28)15(2)13-17/h5-8,13-14H,4,9-12H2,1-3H3,(H,22,26). The third-order valence-electron chi connectivity index (χ3n) is 5.27. The summed E-state index contributed by atoms with van der Waals surface area (Å²) in [7, 11) is 0. The fourth-order valence-electron chi connectivity index (χ4n) is 3.60. The third-order valence-corrected chi connectivity index (χ3v) is 5.27. The quantitative estimate of drug-likeness (QED) is 0.631. The van der Waals surface area contributed by atoms with E-state index < -0.39 is 4.92 Å². The lowest BCUT2D eigenvalue weighted by atomic mass is 10.1. The Labute approximate surface area is 165 Å². The Morgan fingerprint density at radius 3 is 2.36 bits per heavy atom. The van der Waals surface area contributed by atoms with Gasteiger partial charge in [-0.3, -0.25) is 14.9 Å². The second-order valence-electron chi connectivity index (χ2n) is 7.14. The van der Waals surface area contributed by atoms with Crippen molar-refractivity contribution in [3.8, 4) is 0 Å². The third kappa shape index (κ3) is 4.31. The predicted octanol–water partition coefficient (Wildman–Crippen LogP) is 3.61. The van der Waals surface area contributed by atoms with E-state index in [0.717, 1.165) is 44.0 Å². The summed E-state index contributed by atoms with van der Waals surface area (Å²) < 4.78 is 0. The molecule has 7 heteroatoms. The van der Waals surface area contributed by atoms with Crippen LogP contribution in [0, 0.1) is 24.0 Å². The van der Waals surface area contributed by atoms with Gasteiger partial charge < -0.3 is 15.1 Å². The maximum atomic E-state index is 12.5. The molecule has 28 heavy (non-hydrogen) atoms. The van der Waals surface area contributed by atoms with Crippen molar-refractivity contribution in [2.24, 2.45) is 0 Å². The number of carbonyl (C=O) groups excluding carboxylic acids is 1. The van der Waals surface area contributed by atoms with Gasteiger partial charge in [0.1, 0.15) is 0 Å². The molecule has 0 aromatic heterocycles. The second-order valence-corrected chi connectivity index (χ2v) is 7.14. The lowest BCUT2D eigenvalue weighted by molar-refractivity contribution is -0.385. The van der Waals surface area contributed by atoms with Crippen molar-refractivity contribution in [2.45, 2.75) is 20.8 Å².